The average molecular weight is 292 g/mol. The molecule has 0 saturated carbocycles. The molecule has 1 aromatic carbocycles. The summed E-state index contributed by atoms with van der Waals surface area (Å²) < 4.78 is 4.93. The molecule has 1 rings (SSSR count). The number of aryl methyl sites for hydroxylation is 1. The molecular weight excluding hydrogens is 268 g/mol. The lowest BCUT2D eigenvalue weighted by molar-refractivity contribution is -0.143. The molecule has 0 spiro atoms. The largest absolute Gasteiger partial charge is 0.465 e. The summed E-state index contributed by atoms with van der Waals surface area (Å²) in [4.78, 5) is 25.8. The number of amides is 1. The van der Waals surface area contributed by atoms with E-state index in [9.17, 15) is 9.59 Å². The van der Waals surface area contributed by atoms with E-state index < -0.39 is 5.97 Å². The van der Waals surface area contributed by atoms with Crippen LogP contribution in [0.5, 0.6) is 0 Å². The molecule has 1 amide bonds. The van der Waals surface area contributed by atoms with Crippen molar-refractivity contribution in [3.8, 4) is 0 Å². The van der Waals surface area contributed by atoms with Gasteiger partial charge < -0.3 is 15.4 Å². The smallest absolute Gasteiger partial charge is 0.325 e. The van der Waals surface area contributed by atoms with Crippen LogP contribution in [0.3, 0.4) is 0 Å². The van der Waals surface area contributed by atoms with Crippen LogP contribution in [-0.4, -0.2) is 36.5 Å². The van der Waals surface area contributed by atoms with Gasteiger partial charge in [0, 0.05) is 12.2 Å². The standard InChI is InChI=1S/C16H24N2O3/c1-5-21-14(19)10-18(9-11(2)3)16(20)13-8-6-7-12(4)15(13)17/h6-8,11H,5,9-10,17H2,1-4H3. The summed E-state index contributed by atoms with van der Waals surface area (Å²) in [5.74, 6) is -0.398. The van der Waals surface area contributed by atoms with Gasteiger partial charge in [-0.1, -0.05) is 26.0 Å². The second-order valence-corrected chi connectivity index (χ2v) is 5.42. The highest BCUT2D eigenvalue weighted by Gasteiger charge is 2.22. The van der Waals surface area contributed by atoms with Crippen molar-refractivity contribution in [2.24, 2.45) is 5.92 Å². The quantitative estimate of drug-likeness (QED) is 0.644. The molecule has 2 N–H and O–H groups in total. The molecule has 0 unspecified atom stereocenters. The number of rotatable bonds is 6. The number of carbonyl (C=O) groups is 2. The number of para-hydroxylation sites is 1. The molecule has 0 aliphatic rings. The second-order valence-electron chi connectivity index (χ2n) is 5.42. The maximum Gasteiger partial charge on any atom is 0.325 e. The van der Waals surface area contributed by atoms with E-state index in [1.165, 1.54) is 4.90 Å². The summed E-state index contributed by atoms with van der Waals surface area (Å²) in [6.07, 6.45) is 0. The zero-order valence-electron chi connectivity index (χ0n) is 13.2. The number of nitrogens with two attached hydrogens (primary N) is 1. The van der Waals surface area contributed by atoms with E-state index in [1.54, 1.807) is 19.1 Å². The van der Waals surface area contributed by atoms with Gasteiger partial charge in [0.2, 0.25) is 0 Å². The molecular formula is C16H24N2O3. The minimum absolute atomic E-state index is 0.0573. The van der Waals surface area contributed by atoms with Crippen molar-refractivity contribution in [3.63, 3.8) is 0 Å². The number of nitrogen functional groups attached to an aromatic ring is 1. The first-order valence-electron chi connectivity index (χ1n) is 7.16. The monoisotopic (exact) mass is 292 g/mol. The van der Waals surface area contributed by atoms with Crippen LogP contribution in [0.25, 0.3) is 0 Å². The van der Waals surface area contributed by atoms with Crippen molar-refractivity contribution < 1.29 is 14.3 Å². The number of anilines is 1. The maximum absolute atomic E-state index is 12.6. The average Bonchev–Trinajstić information content (AvgIpc) is 2.40. The van der Waals surface area contributed by atoms with Gasteiger partial charge in [0.05, 0.1) is 12.2 Å². The van der Waals surface area contributed by atoms with Crippen LogP contribution in [-0.2, 0) is 9.53 Å². The predicted molar refractivity (Wildman–Crippen MR) is 83.0 cm³/mol. The Morgan fingerprint density at radius 2 is 2.00 bits per heavy atom. The number of benzene rings is 1. The topological polar surface area (TPSA) is 72.6 Å². The first kappa shape index (κ1) is 17.0. The highest BCUT2D eigenvalue weighted by atomic mass is 16.5. The van der Waals surface area contributed by atoms with E-state index in [0.717, 1.165) is 5.56 Å². The van der Waals surface area contributed by atoms with Crippen molar-refractivity contribution in [1.29, 1.82) is 0 Å². The minimum atomic E-state index is -0.405. The van der Waals surface area contributed by atoms with Gasteiger partial charge in [-0.25, -0.2) is 0 Å². The van der Waals surface area contributed by atoms with Crippen molar-refractivity contribution in [2.75, 3.05) is 25.4 Å². The maximum atomic E-state index is 12.6. The predicted octanol–water partition coefficient (Wildman–Crippen LogP) is 2.24. The van der Waals surface area contributed by atoms with Crippen molar-refractivity contribution >= 4 is 17.6 Å². The Kier molecular flexibility index (Phi) is 6.21. The molecule has 0 atom stereocenters. The van der Waals surface area contributed by atoms with Gasteiger partial charge >= 0.3 is 5.97 Å². The number of esters is 1. The molecule has 0 aliphatic heterocycles. The zero-order chi connectivity index (χ0) is 16.0. The first-order valence-corrected chi connectivity index (χ1v) is 7.16. The van der Waals surface area contributed by atoms with Gasteiger partial charge in [0.25, 0.3) is 5.91 Å². The molecule has 5 nitrogen and oxygen atoms in total. The van der Waals surface area contributed by atoms with E-state index in [-0.39, 0.29) is 18.4 Å². The minimum Gasteiger partial charge on any atom is -0.465 e. The van der Waals surface area contributed by atoms with Crippen molar-refractivity contribution in [2.45, 2.75) is 27.7 Å². The van der Waals surface area contributed by atoms with E-state index >= 15 is 0 Å². The Labute approximate surface area is 126 Å². The van der Waals surface area contributed by atoms with Crippen molar-refractivity contribution in [1.82, 2.24) is 4.90 Å². The summed E-state index contributed by atoms with van der Waals surface area (Å²) in [6, 6.07) is 5.32. The van der Waals surface area contributed by atoms with Crippen LogP contribution in [0.2, 0.25) is 0 Å². The molecule has 5 heteroatoms. The number of carbonyl (C=O) groups excluding carboxylic acids is 2. The van der Waals surface area contributed by atoms with Gasteiger partial charge in [0.1, 0.15) is 6.54 Å². The fraction of sp³-hybridized carbons (Fsp3) is 0.500. The third kappa shape index (κ3) is 4.77. The molecule has 116 valence electrons. The van der Waals surface area contributed by atoms with Gasteiger partial charge in [-0.15, -0.1) is 0 Å². The third-order valence-electron chi connectivity index (χ3n) is 3.05. The lowest BCUT2D eigenvalue weighted by Crippen LogP contribution is -2.39. The molecule has 0 heterocycles. The van der Waals surface area contributed by atoms with Gasteiger partial charge in [-0.05, 0) is 31.4 Å². The van der Waals surface area contributed by atoms with Gasteiger partial charge in [-0.2, -0.15) is 0 Å². The van der Waals surface area contributed by atoms with Gasteiger partial charge in [0.15, 0.2) is 0 Å². The number of hydrogen-bond donors (Lipinski definition) is 1. The second kappa shape index (κ2) is 7.67. The number of nitrogens with zero attached hydrogens (tertiary/aromatic N) is 1. The van der Waals surface area contributed by atoms with Gasteiger partial charge in [-0.3, -0.25) is 9.59 Å². The SMILES string of the molecule is CCOC(=O)CN(CC(C)C)C(=O)c1cccc(C)c1N. The molecule has 0 bridgehead atoms. The Bertz CT molecular complexity index is 512. The van der Waals surface area contributed by atoms with E-state index in [4.69, 9.17) is 10.5 Å². The highest BCUT2D eigenvalue weighted by molar-refractivity contribution is 6.00. The fourth-order valence-electron chi connectivity index (χ4n) is 2.06. The molecule has 1 aromatic rings. The third-order valence-corrected chi connectivity index (χ3v) is 3.05. The molecule has 0 aliphatic carbocycles. The molecule has 0 fully saturated rings. The first-order chi connectivity index (χ1) is 9.86. The molecule has 0 saturated heterocycles. The van der Waals surface area contributed by atoms with Crippen molar-refractivity contribution in [3.05, 3.63) is 29.3 Å². The highest BCUT2D eigenvalue weighted by Crippen LogP contribution is 2.19. The summed E-state index contributed by atoms with van der Waals surface area (Å²) in [5.41, 5.74) is 7.72. The lowest BCUT2D eigenvalue weighted by atomic mass is 10.1. The normalized spacial score (nSPS) is 10.5. The van der Waals surface area contributed by atoms with E-state index in [1.807, 2.05) is 26.8 Å². The van der Waals surface area contributed by atoms with E-state index in [0.29, 0.717) is 24.4 Å². The molecule has 0 radical (unpaired) electrons. The number of hydrogen-bond acceptors (Lipinski definition) is 4. The zero-order valence-corrected chi connectivity index (χ0v) is 13.2. The molecule has 0 aromatic heterocycles. The van der Waals surface area contributed by atoms with Crippen LogP contribution in [0.4, 0.5) is 5.69 Å². The fourth-order valence-corrected chi connectivity index (χ4v) is 2.06. The summed E-state index contributed by atoms with van der Waals surface area (Å²) in [7, 11) is 0. The van der Waals surface area contributed by atoms with Crippen LogP contribution < -0.4 is 5.73 Å². The van der Waals surface area contributed by atoms with Crippen LogP contribution in [0.15, 0.2) is 18.2 Å². The van der Waals surface area contributed by atoms with Crippen LogP contribution in [0, 0.1) is 12.8 Å². The summed E-state index contributed by atoms with van der Waals surface area (Å²) >= 11 is 0. The Morgan fingerprint density at radius 1 is 1.33 bits per heavy atom. The Hall–Kier alpha value is -2.04. The van der Waals surface area contributed by atoms with E-state index in [2.05, 4.69) is 0 Å². The summed E-state index contributed by atoms with van der Waals surface area (Å²) in [6.45, 7) is 8.30. The lowest BCUT2D eigenvalue weighted by Gasteiger charge is -2.24. The van der Waals surface area contributed by atoms with Crippen LogP contribution >= 0.6 is 0 Å². The Balaban J connectivity index is 2.99. The Morgan fingerprint density at radius 3 is 2.57 bits per heavy atom. The van der Waals surface area contributed by atoms with Crippen LogP contribution in [0.1, 0.15) is 36.7 Å². The summed E-state index contributed by atoms with van der Waals surface area (Å²) in [5, 5.41) is 0. The number of ether oxygens (including phenoxy) is 1. The molecule has 21 heavy (non-hydrogen) atoms.